The molecule has 3 aromatic rings. The lowest BCUT2D eigenvalue weighted by Crippen LogP contribution is -2.54. The van der Waals surface area contributed by atoms with Crippen molar-refractivity contribution in [3.05, 3.63) is 78.0 Å². The van der Waals surface area contributed by atoms with Gasteiger partial charge in [-0.05, 0) is 36.0 Å². The standard InChI is InChI=1S/C33H42N4O6S/c1-20(2)30(21(3)4)37-29(38)18-28-31(43-28)26(17-22-11-7-6-8-12-22)35-33(40)27(19-44(5,41)42)36-32(39)25-16-15-23-13-9-10-14-24(23)34-25/h6-16,20-21,26-28,30-31H,17-19H2,1-5H3,(H,35,40)(H,36,39)(H,37,38)/t26-,27-,28-,31+/m0/s1. The zero-order valence-electron chi connectivity index (χ0n) is 25.8. The highest BCUT2D eigenvalue weighted by Gasteiger charge is 2.47. The molecule has 236 valence electrons. The van der Waals surface area contributed by atoms with E-state index in [2.05, 4.69) is 48.6 Å². The second-order valence-corrected chi connectivity index (χ2v) is 14.4. The fourth-order valence-corrected chi connectivity index (χ4v) is 6.36. The number of fused-ring (bicyclic) bond motifs is 1. The average Bonchev–Trinajstić information content (AvgIpc) is 3.73. The number of hydrogen-bond acceptors (Lipinski definition) is 7. The van der Waals surface area contributed by atoms with Crippen molar-refractivity contribution in [1.29, 1.82) is 0 Å². The van der Waals surface area contributed by atoms with E-state index in [1.54, 1.807) is 18.2 Å². The summed E-state index contributed by atoms with van der Waals surface area (Å²) < 4.78 is 30.5. The number of benzene rings is 2. The van der Waals surface area contributed by atoms with Crippen LogP contribution in [-0.4, -0.2) is 73.5 Å². The van der Waals surface area contributed by atoms with Gasteiger partial charge in [0.05, 0.1) is 29.8 Å². The van der Waals surface area contributed by atoms with Crippen LogP contribution in [0.1, 0.15) is 50.2 Å². The smallest absolute Gasteiger partial charge is 0.270 e. The summed E-state index contributed by atoms with van der Waals surface area (Å²) in [4.78, 5) is 44.0. The van der Waals surface area contributed by atoms with Gasteiger partial charge in [0.25, 0.3) is 5.91 Å². The summed E-state index contributed by atoms with van der Waals surface area (Å²) in [7, 11) is -3.66. The maximum atomic E-state index is 13.6. The first-order valence-electron chi connectivity index (χ1n) is 14.9. The van der Waals surface area contributed by atoms with Crippen LogP contribution in [0.15, 0.2) is 66.7 Å². The van der Waals surface area contributed by atoms with Crippen LogP contribution in [0.2, 0.25) is 0 Å². The predicted octanol–water partition coefficient (Wildman–Crippen LogP) is 3.06. The molecule has 1 saturated heterocycles. The summed E-state index contributed by atoms with van der Waals surface area (Å²) >= 11 is 0. The Morgan fingerprint density at radius 1 is 0.864 bits per heavy atom. The highest BCUT2D eigenvalue weighted by molar-refractivity contribution is 7.90. The zero-order chi connectivity index (χ0) is 32.0. The number of hydrogen-bond donors (Lipinski definition) is 3. The average molecular weight is 623 g/mol. The molecule has 1 aliphatic heterocycles. The molecular formula is C33H42N4O6S. The second-order valence-electron chi connectivity index (χ2n) is 12.2. The lowest BCUT2D eigenvalue weighted by Gasteiger charge is -2.26. The summed E-state index contributed by atoms with van der Waals surface area (Å²) in [5, 5.41) is 9.44. The Kier molecular flexibility index (Phi) is 10.7. The van der Waals surface area contributed by atoms with Gasteiger partial charge in [0.15, 0.2) is 0 Å². The van der Waals surface area contributed by atoms with E-state index >= 15 is 0 Å². The Morgan fingerprint density at radius 3 is 2.18 bits per heavy atom. The molecule has 0 unspecified atom stereocenters. The molecule has 1 aromatic heterocycles. The Labute approximate surface area is 259 Å². The Morgan fingerprint density at radius 2 is 1.52 bits per heavy atom. The van der Waals surface area contributed by atoms with Gasteiger partial charge in [-0.3, -0.25) is 14.4 Å². The molecule has 0 spiro atoms. The molecule has 10 nitrogen and oxygen atoms in total. The van der Waals surface area contributed by atoms with Crippen molar-refractivity contribution in [3.8, 4) is 0 Å². The quantitative estimate of drug-likeness (QED) is 0.234. The number of amides is 3. The van der Waals surface area contributed by atoms with E-state index in [4.69, 9.17) is 4.74 Å². The lowest BCUT2D eigenvalue weighted by atomic mass is 9.93. The number of para-hydroxylation sites is 1. The van der Waals surface area contributed by atoms with Gasteiger partial charge in [-0.2, -0.15) is 0 Å². The molecule has 4 rings (SSSR count). The molecule has 11 heteroatoms. The SMILES string of the molecule is CC(C)C(NC(=O)C[C@@H]1O[C@@H]1[C@H](Cc1ccccc1)NC(=O)[C@H](CS(C)(=O)=O)NC(=O)c1ccc2ccccc2n1)C(C)C. The molecule has 3 amide bonds. The second kappa shape index (κ2) is 14.3. The van der Waals surface area contributed by atoms with Gasteiger partial charge in [-0.1, -0.05) is 82.3 Å². The Bertz CT molecular complexity index is 1570. The van der Waals surface area contributed by atoms with E-state index in [0.29, 0.717) is 11.9 Å². The number of carbonyl (C=O) groups is 3. The molecular weight excluding hydrogens is 580 g/mol. The predicted molar refractivity (Wildman–Crippen MR) is 170 cm³/mol. The Hall–Kier alpha value is -3.83. The number of sulfone groups is 1. The van der Waals surface area contributed by atoms with Crippen LogP contribution >= 0.6 is 0 Å². The molecule has 1 aliphatic rings. The minimum atomic E-state index is -3.66. The largest absolute Gasteiger partial charge is 0.367 e. The van der Waals surface area contributed by atoms with Crippen LogP contribution in [0.4, 0.5) is 0 Å². The van der Waals surface area contributed by atoms with Crippen molar-refractivity contribution < 1.29 is 27.5 Å². The van der Waals surface area contributed by atoms with E-state index in [1.807, 2.05) is 42.5 Å². The third-order valence-electron chi connectivity index (χ3n) is 7.72. The van der Waals surface area contributed by atoms with Gasteiger partial charge >= 0.3 is 0 Å². The normalized spacial score (nSPS) is 17.8. The van der Waals surface area contributed by atoms with Gasteiger partial charge in [0.1, 0.15) is 27.7 Å². The number of carbonyl (C=O) groups excluding carboxylic acids is 3. The number of nitrogens with zero attached hydrogens (tertiary/aromatic N) is 1. The number of pyridine rings is 1. The van der Waals surface area contributed by atoms with Crippen molar-refractivity contribution >= 4 is 38.5 Å². The van der Waals surface area contributed by atoms with Crippen molar-refractivity contribution in [2.75, 3.05) is 12.0 Å². The number of epoxide rings is 1. The lowest BCUT2D eigenvalue weighted by molar-refractivity contribution is -0.123. The summed E-state index contributed by atoms with van der Waals surface area (Å²) in [6.07, 6.45) is 0.669. The van der Waals surface area contributed by atoms with Crippen LogP contribution in [0.25, 0.3) is 10.9 Å². The van der Waals surface area contributed by atoms with Crippen molar-refractivity contribution in [2.45, 2.75) is 70.9 Å². The third-order valence-corrected chi connectivity index (χ3v) is 8.66. The molecule has 44 heavy (non-hydrogen) atoms. The van der Waals surface area contributed by atoms with Gasteiger partial charge in [-0.25, -0.2) is 13.4 Å². The summed E-state index contributed by atoms with van der Waals surface area (Å²) in [6.45, 7) is 8.26. The first-order chi connectivity index (χ1) is 20.8. The van der Waals surface area contributed by atoms with Crippen LogP contribution in [0.5, 0.6) is 0 Å². The first kappa shape index (κ1) is 33.1. The number of rotatable bonds is 14. The molecule has 0 radical (unpaired) electrons. The van der Waals surface area contributed by atoms with E-state index < -0.39 is 51.7 Å². The maximum Gasteiger partial charge on any atom is 0.270 e. The van der Waals surface area contributed by atoms with Gasteiger partial charge in [0.2, 0.25) is 11.8 Å². The highest BCUT2D eigenvalue weighted by Crippen LogP contribution is 2.30. The van der Waals surface area contributed by atoms with E-state index in [9.17, 15) is 22.8 Å². The Balaban J connectivity index is 1.49. The molecule has 0 saturated carbocycles. The van der Waals surface area contributed by atoms with Crippen LogP contribution in [-0.2, 0) is 30.6 Å². The summed E-state index contributed by atoms with van der Waals surface area (Å²) in [5.74, 6) is -1.51. The molecule has 4 atom stereocenters. The minimum absolute atomic E-state index is 0.0250. The molecule has 0 aliphatic carbocycles. The van der Waals surface area contributed by atoms with Crippen LogP contribution in [0.3, 0.4) is 0 Å². The maximum absolute atomic E-state index is 13.6. The van der Waals surface area contributed by atoms with Gasteiger partial charge in [-0.15, -0.1) is 0 Å². The highest BCUT2D eigenvalue weighted by atomic mass is 32.2. The van der Waals surface area contributed by atoms with Crippen molar-refractivity contribution in [1.82, 2.24) is 20.9 Å². The minimum Gasteiger partial charge on any atom is -0.367 e. The number of nitrogens with one attached hydrogen (secondary N) is 3. The monoisotopic (exact) mass is 622 g/mol. The van der Waals surface area contributed by atoms with Crippen LogP contribution < -0.4 is 16.0 Å². The molecule has 3 N–H and O–H groups in total. The van der Waals surface area contributed by atoms with E-state index in [0.717, 1.165) is 17.2 Å². The fourth-order valence-electron chi connectivity index (χ4n) is 5.52. The van der Waals surface area contributed by atoms with Gasteiger partial charge < -0.3 is 20.7 Å². The number of aromatic nitrogens is 1. The van der Waals surface area contributed by atoms with Crippen molar-refractivity contribution in [2.24, 2.45) is 11.8 Å². The number of ether oxygens (including phenoxy) is 1. The molecule has 1 fully saturated rings. The topological polar surface area (TPSA) is 147 Å². The van der Waals surface area contributed by atoms with Crippen molar-refractivity contribution in [3.63, 3.8) is 0 Å². The third kappa shape index (κ3) is 9.33. The molecule has 2 heterocycles. The first-order valence-corrected chi connectivity index (χ1v) is 17.0. The van der Waals surface area contributed by atoms with Gasteiger partial charge in [0, 0.05) is 17.7 Å². The molecule has 2 aromatic carbocycles. The summed E-state index contributed by atoms with van der Waals surface area (Å²) in [6, 6.07) is 18.1. The summed E-state index contributed by atoms with van der Waals surface area (Å²) in [5.41, 5.74) is 1.59. The van der Waals surface area contributed by atoms with Crippen LogP contribution in [0, 0.1) is 11.8 Å². The fraction of sp³-hybridized carbons (Fsp3) is 0.455. The zero-order valence-corrected chi connectivity index (χ0v) is 26.6. The molecule has 0 bridgehead atoms. The van der Waals surface area contributed by atoms with E-state index in [1.165, 1.54) is 6.07 Å². The van der Waals surface area contributed by atoms with E-state index in [-0.39, 0.29) is 35.9 Å².